The lowest BCUT2D eigenvalue weighted by Crippen LogP contribution is -2.54. The molecule has 0 radical (unpaired) electrons. The first kappa shape index (κ1) is 23.9. The molecule has 2 saturated heterocycles. The highest BCUT2D eigenvalue weighted by molar-refractivity contribution is 5.95. The van der Waals surface area contributed by atoms with E-state index in [1.54, 1.807) is 17.0 Å². The number of anilines is 2. The number of benzene rings is 2. The van der Waals surface area contributed by atoms with E-state index < -0.39 is 22.5 Å². The topological polar surface area (TPSA) is 73.2 Å². The minimum absolute atomic E-state index is 0.00377. The number of nitro groups is 1. The van der Waals surface area contributed by atoms with Crippen molar-refractivity contribution in [3.05, 3.63) is 63.7 Å². The van der Waals surface area contributed by atoms with Crippen molar-refractivity contribution in [2.75, 3.05) is 62.2 Å². The molecule has 2 heterocycles. The van der Waals surface area contributed by atoms with Crippen molar-refractivity contribution in [3.63, 3.8) is 0 Å². The Labute approximate surface area is 197 Å². The van der Waals surface area contributed by atoms with E-state index in [2.05, 4.69) is 11.8 Å². The number of amides is 1. The van der Waals surface area contributed by atoms with Crippen molar-refractivity contribution in [1.82, 2.24) is 9.80 Å². The minimum Gasteiger partial charge on any atom is -0.367 e. The predicted molar refractivity (Wildman–Crippen MR) is 126 cm³/mol. The molecule has 10 heteroatoms. The summed E-state index contributed by atoms with van der Waals surface area (Å²) in [6.45, 7) is 8.63. The number of likely N-dealkylation sites (N-methyl/N-ethyl adjacent to an activating group) is 1. The van der Waals surface area contributed by atoms with Gasteiger partial charge in [-0.05, 0) is 31.7 Å². The molecule has 4 rings (SSSR count). The highest BCUT2D eigenvalue weighted by Crippen LogP contribution is 2.36. The van der Waals surface area contributed by atoms with Crippen LogP contribution in [0.2, 0.25) is 0 Å². The van der Waals surface area contributed by atoms with Gasteiger partial charge in [0.15, 0.2) is 5.82 Å². The summed E-state index contributed by atoms with van der Waals surface area (Å²) < 4.78 is 29.1. The number of halogens is 2. The maximum absolute atomic E-state index is 14.9. The summed E-state index contributed by atoms with van der Waals surface area (Å²) in [5.41, 5.74) is 0.400. The van der Waals surface area contributed by atoms with Crippen LogP contribution in [0.25, 0.3) is 0 Å². The Morgan fingerprint density at radius 3 is 2.29 bits per heavy atom. The number of nitrogens with zero attached hydrogens (tertiary/aromatic N) is 5. The summed E-state index contributed by atoms with van der Waals surface area (Å²) in [6.07, 6.45) is 0. The van der Waals surface area contributed by atoms with Crippen LogP contribution >= 0.6 is 0 Å². The fourth-order valence-electron chi connectivity index (χ4n) is 4.75. The summed E-state index contributed by atoms with van der Waals surface area (Å²) in [5.74, 6) is -1.60. The van der Waals surface area contributed by atoms with E-state index in [9.17, 15) is 23.7 Å². The predicted octanol–water partition coefficient (Wildman–Crippen LogP) is 3.37. The Bertz CT molecular complexity index is 1070. The molecule has 0 saturated carbocycles. The fourth-order valence-corrected chi connectivity index (χ4v) is 4.75. The average molecular weight is 474 g/mol. The fraction of sp³-hybridized carbons (Fsp3) is 0.458. The average Bonchev–Trinajstić information content (AvgIpc) is 2.83. The molecule has 1 amide bonds. The van der Waals surface area contributed by atoms with Crippen LogP contribution in [0, 0.1) is 21.7 Å². The summed E-state index contributed by atoms with van der Waals surface area (Å²) >= 11 is 0. The maximum atomic E-state index is 14.9. The number of hydrogen-bond donors (Lipinski definition) is 0. The molecule has 34 heavy (non-hydrogen) atoms. The van der Waals surface area contributed by atoms with Crippen LogP contribution in [-0.4, -0.2) is 79.0 Å². The molecule has 182 valence electrons. The van der Waals surface area contributed by atoms with Crippen LogP contribution < -0.4 is 9.80 Å². The zero-order valence-electron chi connectivity index (χ0n) is 19.4. The second-order valence-electron chi connectivity index (χ2n) is 8.74. The second-order valence-corrected chi connectivity index (χ2v) is 8.74. The molecule has 0 bridgehead atoms. The molecule has 0 aromatic heterocycles. The van der Waals surface area contributed by atoms with Crippen LogP contribution in [0.1, 0.15) is 24.2 Å². The molecule has 2 aromatic carbocycles. The van der Waals surface area contributed by atoms with Gasteiger partial charge in [0.2, 0.25) is 0 Å². The standard InChI is InChI=1S/C24H29F2N5O3/c1-3-27-8-10-28(11-9-27)21-15-22(23(31(33)34)14-20(21)26)29-12-13-30(17(2)16-29)24(32)18-6-4-5-7-19(18)25/h4-7,14-15,17H,3,8-13,16H2,1-2H3/t17-/m1/s1. The first-order chi connectivity index (χ1) is 16.3. The molecule has 1 atom stereocenters. The first-order valence-electron chi connectivity index (χ1n) is 11.6. The number of nitro benzene ring substituents is 1. The Balaban J connectivity index is 1.57. The van der Waals surface area contributed by atoms with Crippen molar-refractivity contribution in [3.8, 4) is 0 Å². The quantitative estimate of drug-likeness (QED) is 0.490. The largest absolute Gasteiger partial charge is 0.367 e. The smallest absolute Gasteiger partial charge is 0.295 e. The summed E-state index contributed by atoms with van der Waals surface area (Å²) in [4.78, 5) is 31.7. The summed E-state index contributed by atoms with van der Waals surface area (Å²) in [7, 11) is 0. The Hall–Kier alpha value is -3.27. The SMILES string of the molecule is CCN1CCN(c2cc(N3CCN(C(=O)c4ccccc4F)[C@H](C)C3)c([N+](=O)[O-])cc2F)CC1. The van der Waals surface area contributed by atoms with Crippen LogP contribution in [0.5, 0.6) is 0 Å². The van der Waals surface area contributed by atoms with Crippen LogP contribution in [-0.2, 0) is 0 Å². The maximum Gasteiger partial charge on any atom is 0.295 e. The van der Waals surface area contributed by atoms with Gasteiger partial charge in [0, 0.05) is 51.9 Å². The molecule has 2 aliphatic rings. The molecule has 0 unspecified atom stereocenters. The van der Waals surface area contributed by atoms with Crippen molar-refractivity contribution < 1.29 is 18.5 Å². The number of carbonyl (C=O) groups is 1. The molecule has 2 aromatic rings. The van der Waals surface area contributed by atoms with Gasteiger partial charge in [0.05, 0.1) is 22.2 Å². The van der Waals surface area contributed by atoms with Gasteiger partial charge < -0.3 is 19.6 Å². The Morgan fingerprint density at radius 1 is 1.00 bits per heavy atom. The van der Waals surface area contributed by atoms with Crippen LogP contribution in [0.4, 0.5) is 25.8 Å². The third kappa shape index (κ3) is 4.68. The highest BCUT2D eigenvalue weighted by atomic mass is 19.1. The Morgan fingerprint density at radius 2 is 1.68 bits per heavy atom. The zero-order chi connectivity index (χ0) is 24.4. The van der Waals surface area contributed by atoms with Gasteiger partial charge in [-0.25, -0.2) is 8.78 Å². The van der Waals surface area contributed by atoms with Crippen molar-refractivity contribution in [2.45, 2.75) is 19.9 Å². The third-order valence-corrected chi connectivity index (χ3v) is 6.73. The van der Waals surface area contributed by atoms with Gasteiger partial charge in [-0.1, -0.05) is 19.1 Å². The van der Waals surface area contributed by atoms with Gasteiger partial charge in [0.1, 0.15) is 11.5 Å². The number of rotatable bonds is 5. The van der Waals surface area contributed by atoms with Crippen molar-refractivity contribution >= 4 is 23.0 Å². The number of piperazine rings is 2. The third-order valence-electron chi connectivity index (χ3n) is 6.73. The molecule has 8 nitrogen and oxygen atoms in total. The molecule has 0 aliphatic carbocycles. The molecule has 2 fully saturated rings. The number of carbonyl (C=O) groups excluding carboxylic acids is 1. The van der Waals surface area contributed by atoms with Gasteiger partial charge in [-0.15, -0.1) is 0 Å². The summed E-state index contributed by atoms with van der Waals surface area (Å²) in [6, 6.07) is 8.09. The Kier molecular flexibility index (Phi) is 6.97. The van der Waals surface area contributed by atoms with Gasteiger partial charge in [0.25, 0.3) is 11.6 Å². The first-order valence-corrected chi connectivity index (χ1v) is 11.6. The van der Waals surface area contributed by atoms with Gasteiger partial charge in [-0.3, -0.25) is 14.9 Å². The van der Waals surface area contributed by atoms with E-state index in [0.29, 0.717) is 37.6 Å². The lowest BCUT2D eigenvalue weighted by molar-refractivity contribution is -0.384. The van der Waals surface area contributed by atoms with E-state index in [1.165, 1.54) is 18.2 Å². The van der Waals surface area contributed by atoms with E-state index >= 15 is 0 Å². The molecule has 2 aliphatic heterocycles. The van der Waals surface area contributed by atoms with Crippen LogP contribution in [0.3, 0.4) is 0 Å². The van der Waals surface area contributed by atoms with E-state index in [-0.39, 0.29) is 23.8 Å². The zero-order valence-corrected chi connectivity index (χ0v) is 19.4. The molecule has 0 spiro atoms. The summed E-state index contributed by atoms with van der Waals surface area (Å²) in [5, 5.41) is 11.7. The second kappa shape index (κ2) is 9.92. The van der Waals surface area contributed by atoms with Gasteiger partial charge in [-0.2, -0.15) is 0 Å². The van der Waals surface area contributed by atoms with E-state index in [4.69, 9.17) is 0 Å². The molecule has 0 N–H and O–H groups in total. The monoisotopic (exact) mass is 473 g/mol. The normalized spacial score (nSPS) is 19.4. The number of hydrogen-bond acceptors (Lipinski definition) is 6. The van der Waals surface area contributed by atoms with E-state index in [1.807, 2.05) is 16.7 Å². The van der Waals surface area contributed by atoms with E-state index in [0.717, 1.165) is 25.7 Å². The molecular weight excluding hydrogens is 444 g/mol. The molecular formula is C24H29F2N5O3. The lowest BCUT2D eigenvalue weighted by atomic mass is 10.1. The highest BCUT2D eigenvalue weighted by Gasteiger charge is 2.33. The van der Waals surface area contributed by atoms with Gasteiger partial charge >= 0.3 is 0 Å². The van der Waals surface area contributed by atoms with Crippen molar-refractivity contribution in [2.24, 2.45) is 0 Å². The minimum atomic E-state index is -0.609. The van der Waals surface area contributed by atoms with Crippen molar-refractivity contribution in [1.29, 1.82) is 0 Å². The van der Waals surface area contributed by atoms with Crippen LogP contribution in [0.15, 0.2) is 36.4 Å². The lowest BCUT2D eigenvalue weighted by Gasteiger charge is -2.41.